The third-order valence-corrected chi connectivity index (χ3v) is 5.77. The Bertz CT molecular complexity index is 1220. The molecule has 0 atom stereocenters. The lowest BCUT2D eigenvalue weighted by molar-refractivity contribution is 0.102. The summed E-state index contributed by atoms with van der Waals surface area (Å²) in [6, 6.07) is 8.24. The van der Waals surface area contributed by atoms with Gasteiger partial charge in [0.15, 0.2) is 11.5 Å². The smallest absolute Gasteiger partial charge is 0.261 e. The van der Waals surface area contributed by atoms with Crippen LogP contribution in [-0.2, 0) is 13.0 Å². The number of anilines is 1. The van der Waals surface area contributed by atoms with Gasteiger partial charge in [-0.25, -0.2) is 4.98 Å². The van der Waals surface area contributed by atoms with E-state index >= 15 is 0 Å². The molecule has 0 saturated carbocycles. The van der Waals surface area contributed by atoms with Crippen molar-refractivity contribution in [2.24, 2.45) is 0 Å². The average molecular weight is 426 g/mol. The molecule has 3 aromatic rings. The second kappa shape index (κ2) is 7.65. The van der Waals surface area contributed by atoms with Gasteiger partial charge in [-0.15, -0.1) is 0 Å². The van der Waals surface area contributed by atoms with Gasteiger partial charge in [0.2, 0.25) is 0 Å². The summed E-state index contributed by atoms with van der Waals surface area (Å²) in [5.41, 5.74) is 1.33. The number of nitrogens with zero attached hydrogens (tertiary/aromatic N) is 2. The number of rotatable bonds is 2. The summed E-state index contributed by atoms with van der Waals surface area (Å²) in [4.78, 5) is 30.4. The predicted molar refractivity (Wildman–Crippen MR) is 114 cm³/mol. The molecule has 1 aromatic heterocycles. The van der Waals surface area contributed by atoms with Crippen LogP contribution in [0.2, 0.25) is 5.02 Å². The van der Waals surface area contributed by atoms with Gasteiger partial charge in [0.25, 0.3) is 11.5 Å². The molecule has 154 valence electrons. The maximum Gasteiger partial charge on any atom is 0.261 e. The Morgan fingerprint density at radius 1 is 1.07 bits per heavy atom. The molecular formula is C22H20ClN3O4. The van der Waals surface area contributed by atoms with Gasteiger partial charge < -0.3 is 14.8 Å². The Morgan fingerprint density at radius 2 is 1.87 bits per heavy atom. The summed E-state index contributed by atoms with van der Waals surface area (Å²) in [5, 5.41) is 3.69. The van der Waals surface area contributed by atoms with Gasteiger partial charge in [-0.3, -0.25) is 14.2 Å². The van der Waals surface area contributed by atoms with Crippen LogP contribution in [0.1, 0.15) is 35.4 Å². The number of amides is 1. The van der Waals surface area contributed by atoms with Crippen LogP contribution in [-0.4, -0.2) is 28.7 Å². The first kappa shape index (κ1) is 18.9. The van der Waals surface area contributed by atoms with Crippen LogP contribution in [0, 0.1) is 0 Å². The molecular weight excluding hydrogens is 406 g/mol. The molecule has 5 rings (SSSR count). The minimum Gasteiger partial charge on any atom is -0.486 e. The number of nitrogens with one attached hydrogen (secondary N) is 1. The minimum atomic E-state index is -0.340. The molecule has 0 bridgehead atoms. The first-order valence-electron chi connectivity index (χ1n) is 10.0. The van der Waals surface area contributed by atoms with Crippen molar-refractivity contribution < 1.29 is 14.3 Å². The van der Waals surface area contributed by atoms with Gasteiger partial charge in [-0.05, 0) is 31.0 Å². The molecule has 0 saturated heterocycles. The highest BCUT2D eigenvalue weighted by Crippen LogP contribution is 2.38. The summed E-state index contributed by atoms with van der Waals surface area (Å²) in [5.74, 6) is 1.54. The average Bonchev–Trinajstić information content (AvgIpc) is 2.99. The topological polar surface area (TPSA) is 82.5 Å². The van der Waals surface area contributed by atoms with Crippen LogP contribution >= 0.6 is 11.6 Å². The highest BCUT2D eigenvalue weighted by Gasteiger charge is 2.18. The van der Waals surface area contributed by atoms with Crippen molar-refractivity contribution in [2.45, 2.75) is 32.2 Å². The summed E-state index contributed by atoms with van der Waals surface area (Å²) in [6.45, 7) is 1.60. The third kappa shape index (κ3) is 3.39. The minimum absolute atomic E-state index is 0.0428. The van der Waals surface area contributed by atoms with Crippen LogP contribution in [0.15, 0.2) is 35.1 Å². The molecule has 30 heavy (non-hydrogen) atoms. The molecule has 2 aliphatic heterocycles. The van der Waals surface area contributed by atoms with Crippen LogP contribution in [0.5, 0.6) is 11.5 Å². The van der Waals surface area contributed by atoms with Gasteiger partial charge in [0.1, 0.15) is 19.0 Å². The number of aromatic nitrogens is 2. The molecule has 0 spiro atoms. The molecule has 1 N–H and O–H groups in total. The first-order valence-corrected chi connectivity index (χ1v) is 10.4. The van der Waals surface area contributed by atoms with Gasteiger partial charge in [-0.1, -0.05) is 18.0 Å². The lowest BCUT2D eigenvalue weighted by atomic mass is 10.1. The molecule has 0 aliphatic carbocycles. The van der Waals surface area contributed by atoms with Gasteiger partial charge in [-0.2, -0.15) is 0 Å². The first-order chi connectivity index (χ1) is 14.6. The maximum absolute atomic E-state index is 12.9. The Labute approximate surface area is 177 Å². The predicted octanol–water partition coefficient (Wildman–Crippen LogP) is 3.80. The third-order valence-electron chi connectivity index (χ3n) is 5.46. The highest BCUT2D eigenvalue weighted by molar-refractivity contribution is 6.34. The van der Waals surface area contributed by atoms with Crippen molar-refractivity contribution in [3.8, 4) is 11.5 Å². The fourth-order valence-corrected chi connectivity index (χ4v) is 4.11. The fraction of sp³-hybridized carbons (Fsp3) is 0.318. The van der Waals surface area contributed by atoms with Crippen LogP contribution in [0.4, 0.5) is 5.69 Å². The van der Waals surface area contributed by atoms with Crippen molar-refractivity contribution in [1.29, 1.82) is 0 Å². The summed E-state index contributed by atoms with van der Waals surface area (Å²) < 4.78 is 12.8. The number of ether oxygens (including phenoxy) is 2. The van der Waals surface area contributed by atoms with E-state index in [0.29, 0.717) is 58.4 Å². The molecule has 3 heterocycles. The van der Waals surface area contributed by atoms with Crippen molar-refractivity contribution >= 4 is 34.1 Å². The van der Waals surface area contributed by atoms with Gasteiger partial charge in [0.05, 0.1) is 21.6 Å². The van der Waals surface area contributed by atoms with Crippen LogP contribution in [0.3, 0.4) is 0 Å². The summed E-state index contributed by atoms with van der Waals surface area (Å²) in [7, 11) is 0. The van der Waals surface area contributed by atoms with E-state index < -0.39 is 0 Å². The number of benzene rings is 2. The largest absolute Gasteiger partial charge is 0.486 e. The van der Waals surface area contributed by atoms with E-state index in [2.05, 4.69) is 10.3 Å². The highest BCUT2D eigenvalue weighted by atomic mass is 35.5. The Balaban J connectivity index is 1.47. The number of aryl methyl sites for hydroxylation is 1. The van der Waals surface area contributed by atoms with Gasteiger partial charge in [0, 0.05) is 30.7 Å². The Kier molecular flexibility index (Phi) is 4.83. The van der Waals surface area contributed by atoms with E-state index in [0.717, 1.165) is 31.5 Å². The van der Waals surface area contributed by atoms with E-state index in [-0.39, 0.29) is 11.5 Å². The number of halogens is 1. The second-order valence-electron chi connectivity index (χ2n) is 7.46. The zero-order valence-electron chi connectivity index (χ0n) is 16.2. The van der Waals surface area contributed by atoms with Crippen molar-refractivity contribution in [1.82, 2.24) is 9.55 Å². The van der Waals surface area contributed by atoms with Crippen molar-refractivity contribution in [3.05, 3.63) is 57.1 Å². The summed E-state index contributed by atoms with van der Waals surface area (Å²) >= 11 is 6.30. The molecule has 2 aromatic carbocycles. The monoisotopic (exact) mass is 425 g/mol. The molecule has 2 aliphatic rings. The lowest BCUT2D eigenvalue weighted by Gasteiger charge is -2.20. The Morgan fingerprint density at radius 3 is 2.70 bits per heavy atom. The Hall–Kier alpha value is -3.06. The molecule has 0 radical (unpaired) electrons. The van der Waals surface area contributed by atoms with E-state index in [1.807, 2.05) is 0 Å². The SMILES string of the molecule is O=C(Nc1cc2c(cc1Cl)OCCO2)c1ccc2c(=O)n3c(nc2c1)CCCCC3. The van der Waals surface area contributed by atoms with E-state index in [4.69, 9.17) is 21.1 Å². The fourth-order valence-electron chi connectivity index (χ4n) is 3.91. The van der Waals surface area contributed by atoms with E-state index in [1.165, 1.54) is 0 Å². The number of fused-ring (bicyclic) bond motifs is 3. The standard InChI is InChI=1S/C22H20ClN3O4/c23-15-11-18-19(30-9-8-29-18)12-17(15)25-21(27)13-5-6-14-16(10-13)24-20-4-2-1-3-7-26(20)22(14)28/h5-6,10-12H,1-4,7-9H2,(H,25,27). The van der Waals surface area contributed by atoms with E-state index in [9.17, 15) is 9.59 Å². The number of carbonyl (C=O) groups is 1. The second-order valence-corrected chi connectivity index (χ2v) is 7.86. The number of hydrogen-bond acceptors (Lipinski definition) is 5. The maximum atomic E-state index is 12.9. The normalized spacial score (nSPS) is 15.4. The molecule has 0 unspecified atom stereocenters. The van der Waals surface area contributed by atoms with E-state index in [1.54, 1.807) is 34.9 Å². The molecule has 7 nitrogen and oxygen atoms in total. The zero-order chi connectivity index (χ0) is 20.7. The molecule has 8 heteroatoms. The van der Waals surface area contributed by atoms with Crippen molar-refractivity contribution in [3.63, 3.8) is 0 Å². The number of carbonyl (C=O) groups excluding carboxylic acids is 1. The lowest BCUT2D eigenvalue weighted by Crippen LogP contribution is -2.24. The molecule has 0 fully saturated rings. The van der Waals surface area contributed by atoms with Gasteiger partial charge >= 0.3 is 0 Å². The van der Waals surface area contributed by atoms with Crippen LogP contribution in [0.25, 0.3) is 10.9 Å². The summed E-state index contributed by atoms with van der Waals surface area (Å²) in [6.07, 6.45) is 3.86. The number of hydrogen-bond donors (Lipinski definition) is 1. The molecule has 1 amide bonds. The quantitative estimate of drug-likeness (QED) is 0.675. The van der Waals surface area contributed by atoms with Crippen LogP contribution < -0.4 is 20.3 Å². The zero-order valence-corrected chi connectivity index (χ0v) is 17.0. The van der Waals surface area contributed by atoms with Crippen molar-refractivity contribution in [2.75, 3.05) is 18.5 Å².